The van der Waals surface area contributed by atoms with Crippen molar-refractivity contribution in [2.45, 2.75) is 6.61 Å². The molecule has 2 aromatic rings. The summed E-state index contributed by atoms with van der Waals surface area (Å²) < 4.78 is 10.9. The first-order valence-electron chi connectivity index (χ1n) is 5.84. The molecule has 1 aromatic heterocycles. The summed E-state index contributed by atoms with van der Waals surface area (Å²) in [5.41, 5.74) is 0.721. The summed E-state index contributed by atoms with van der Waals surface area (Å²) >= 11 is 6.00. The molecule has 0 saturated heterocycles. The van der Waals surface area contributed by atoms with Crippen LogP contribution in [0.3, 0.4) is 0 Å². The molecule has 0 aliphatic carbocycles. The van der Waals surface area contributed by atoms with Gasteiger partial charge in [0.05, 0.1) is 19.9 Å². The zero-order valence-corrected chi connectivity index (χ0v) is 11.8. The van der Waals surface area contributed by atoms with Crippen LogP contribution in [0.25, 0.3) is 0 Å². The summed E-state index contributed by atoms with van der Waals surface area (Å²) in [5, 5.41) is 12.2. The van der Waals surface area contributed by atoms with Crippen LogP contribution >= 0.6 is 11.6 Å². The Hall–Kier alpha value is -2.05. The number of hydrogen-bond acceptors (Lipinski definition) is 6. The van der Waals surface area contributed by atoms with Gasteiger partial charge in [-0.2, -0.15) is 4.98 Å². The van der Waals surface area contributed by atoms with E-state index in [1.165, 1.54) is 13.3 Å². The number of hydrogen-bond donors (Lipinski definition) is 2. The first-order valence-corrected chi connectivity index (χ1v) is 6.21. The lowest BCUT2D eigenvalue weighted by Crippen LogP contribution is -1.99. The van der Waals surface area contributed by atoms with Crippen molar-refractivity contribution in [3.63, 3.8) is 0 Å². The predicted octanol–water partition coefficient (Wildman–Crippen LogP) is 2.46. The Bertz CT molecular complexity index is 607. The molecule has 106 valence electrons. The highest BCUT2D eigenvalue weighted by Gasteiger charge is 2.11. The van der Waals surface area contributed by atoms with Crippen molar-refractivity contribution >= 4 is 17.5 Å². The van der Waals surface area contributed by atoms with Crippen molar-refractivity contribution < 1.29 is 14.6 Å². The molecule has 2 N–H and O–H groups in total. The first-order chi connectivity index (χ1) is 9.67. The maximum Gasteiger partial charge on any atom is 0.243 e. The third-order valence-electron chi connectivity index (χ3n) is 2.55. The first kappa shape index (κ1) is 14.4. The Morgan fingerprint density at radius 1 is 1.35 bits per heavy atom. The molecule has 6 nitrogen and oxygen atoms in total. The molecule has 20 heavy (non-hydrogen) atoms. The van der Waals surface area contributed by atoms with Gasteiger partial charge in [0.15, 0.2) is 11.5 Å². The Labute approximate surface area is 121 Å². The number of benzene rings is 1. The quantitative estimate of drug-likeness (QED) is 0.882. The van der Waals surface area contributed by atoms with E-state index in [9.17, 15) is 0 Å². The van der Waals surface area contributed by atoms with Gasteiger partial charge in [-0.3, -0.25) is 0 Å². The molecule has 1 heterocycles. The molecule has 0 aliphatic rings. The maximum absolute atomic E-state index is 9.10. The normalized spacial score (nSPS) is 10.2. The van der Waals surface area contributed by atoms with Gasteiger partial charge in [-0.05, 0) is 17.7 Å². The number of nitrogens with one attached hydrogen (secondary N) is 1. The third-order valence-corrected chi connectivity index (χ3v) is 2.81. The van der Waals surface area contributed by atoms with E-state index < -0.39 is 0 Å². The second kappa shape index (κ2) is 6.40. The minimum absolute atomic E-state index is 0.0746. The number of aromatic nitrogens is 2. The molecule has 1 aromatic carbocycles. The average Bonchev–Trinajstić information content (AvgIpc) is 2.49. The fourth-order valence-electron chi connectivity index (χ4n) is 1.54. The van der Waals surface area contributed by atoms with Crippen molar-refractivity contribution in [2.75, 3.05) is 19.5 Å². The molecule has 0 saturated carbocycles. The van der Waals surface area contributed by atoms with E-state index in [0.29, 0.717) is 17.4 Å². The second-order valence-corrected chi connectivity index (χ2v) is 4.25. The molecule has 0 bridgehead atoms. The summed E-state index contributed by atoms with van der Waals surface area (Å²) in [5.74, 6) is 1.56. The van der Waals surface area contributed by atoms with Crippen molar-refractivity contribution in [1.29, 1.82) is 0 Å². The lowest BCUT2D eigenvalue weighted by molar-refractivity contribution is 0.280. The summed E-state index contributed by atoms with van der Waals surface area (Å²) in [6.45, 7) is -0.0746. The van der Waals surface area contributed by atoms with E-state index in [2.05, 4.69) is 15.3 Å². The molecule has 0 atom stereocenters. The van der Waals surface area contributed by atoms with Crippen molar-refractivity contribution in [1.82, 2.24) is 9.97 Å². The molecule has 0 fully saturated rings. The molecular weight excluding hydrogens is 282 g/mol. The Kier molecular flexibility index (Phi) is 4.60. The van der Waals surface area contributed by atoms with E-state index in [0.717, 1.165) is 5.56 Å². The smallest absolute Gasteiger partial charge is 0.243 e. The van der Waals surface area contributed by atoms with Crippen molar-refractivity contribution in [2.24, 2.45) is 0 Å². The highest BCUT2D eigenvalue weighted by molar-refractivity contribution is 6.31. The van der Waals surface area contributed by atoms with Gasteiger partial charge in [-0.15, -0.1) is 0 Å². The van der Waals surface area contributed by atoms with Crippen LogP contribution in [0.4, 0.5) is 5.95 Å². The number of methoxy groups -OCH3 is 1. The topological polar surface area (TPSA) is 76.5 Å². The molecule has 0 amide bonds. The summed E-state index contributed by atoms with van der Waals surface area (Å²) in [6, 6.07) is 5.09. The Balaban J connectivity index is 2.34. The fourth-order valence-corrected chi connectivity index (χ4v) is 1.67. The van der Waals surface area contributed by atoms with E-state index in [-0.39, 0.29) is 17.5 Å². The van der Waals surface area contributed by atoms with Crippen LogP contribution in [0.5, 0.6) is 17.4 Å². The molecule has 0 unspecified atom stereocenters. The molecule has 0 spiro atoms. The van der Waals surface area contributed by atoms with Gasteiger partial charge >= 0.3 is 0 Å². The second-order valence-electron chi connectivity index (χ2n) is 3.84. The average molecular weight is 296 g/mol. The van der Waals surface area contributed by atoms with Crippen LogP contribution in [-0.2, 0) is 6.61 Å². The molecule has 0 radical (unpaired) electrons. The zero-order chi connectivity index (χ0) is 14.5. The van der Waals surface area contributed by atoms with Crippen LogP contribution in [0.15, 0.2) is 24.4 Å². The van der Waals surface area contributed by atoms with Gasteiger partial charge in [-0.1, -0.05) is 17.7 Å². The van der Waals surface area contributed by atoms with Crippen LogP contribution in [0.2, 0.25) is 5.02 Å². The maximum atomic E-state index is 9.10. The number of halogens is 1. The van der Waals surface area contributed by atoms with Gasteiger partial charge in [0.1, 0.15) is 5.02 Å². The minimum atomic E-state index is -0.0746. The summed E-state index contributed by atoms with van der Waals surface area (Å²) in [7, 11) is 3.22. The highest BCUT2D eigenvalue weighted by atomic mass is 35.5. The van der Waals surface area contributed by atoms with Crippen molar-refractivity contribution in [3.8, 4) is 17.4 Å². The molecular formula is C13H14ClN3O3. The Morgan fingerprint density at radius 2 is 2.15 bits per heavy atom. The zero-order valence-electron chi connectivity index (χ0n) is 11.1. The van der Waals surface area contributed by atoms with Crippen LogP contribution < -0.4 is 14.8 Å². The lowest BCUT2D eigenvalue weighted by Gasteiger charge is -2.12. The fraction of sp³-hybridized carbons (Fsp3) is 0.231. The van der Waals surface area contributed by atoms with Gasteiger partial charge in [0.25, 0.3) is 0 Å². The number of rotatable bonds is 5. The summed E-state index contributed by atoms with van der Waals surface area (Å²) in [6.07, 6.45) is 1.45. The monoisotopic (exact) mass is 295 g/mol. The number of nitrogens with zero attached hydrogens (tertiary/aromatic N) is 2. The van der Waals surface area contributed by atoms with Gasteiger partial charge in [0.2, 0.25) is 11.8 Å². The Morgan fingerprint density at radius 3 is 2.80 bits per heavy atom. The van der Waals surface area contributed by atoms with Gasteiger partial charge in [-0.25, -0.2) is 4.98 Å². The van der Waals surface area contributed by atoms with Crippen LogP contribution in [-0.4, -0.2) is 29.2 Å². The van der Waals surface area contributed by atoms with E-state index >= 15 is 0 Å². The van der Waals surface area contributed by atoms with E-state index in [1.807, 2.05) is 0 Å². The SMILES string of the molecule is CNc1ncc(Cl)c(Oc2ccc(CO)cc2OC)n1. The molecule has 7 heteroatoms. The number of aliphatic hydroxyl groups excluding tert-OH is 1. The largest absolute Gasteiger partial charge is 0.493 e. The molecule has 2 rings (SSSR count). The number of aliphatic hydroxyl groups is 1. The highest BCUT2D eigenvalue weighted by Crippen LogP contribution is 2.34. The van der Waals surface area contributed by atoms with Crippen LogP contribution in [0.1, 0.15) is 5.56 Å². The third kappa shape index (κ3) is 3.09. The van der Waals surface area contributed by atoms with Gasteiger partial charge in [0, 0.05) is 7.05 Å². The summed E-state index contributed by atoms with van der Waals surface area (Å²) in [4.78, 5) is 8.09. The standard InChI is InChI=1S/C13H14ClN3O3/c1-15-13-16-6-9(14)12(17-13)20-10-4-3-8(7-18)5-11(10)19-2/h3-6,18H,7H2,1-2H3,(H,15,16,17). The van der Waals surface area contributed by atoms with E-state index in [1.54, 1.807) is 25.2 Å². The number of anilines is 1. The van der Waals surface area contributed by atoms with Crippen LogP contribution in [0, 0.1) is 0 Å². The lowest BCUT2D eigenvalue weighted by atomic mass is 10.2. The number of ether oxygens (including phenoxy) is 2. The molecule has 0 aliphatic heterocycles. The van der Waals surface area contributed by atoms with Gasteiger partial charge < -0.3 is 19.9 Å². The van der Waals surface area contributed by atoms with Crippen molar-refractivity contribution in [3.05, 3.63) is 35.0 Å². The minimum Gasteiger partial charge on any atom is -0.493 e. The predicted molar refractivity (Wildman–Crippen MR) is 75.6 cm³/mol. The van der Waals surface area contributed by atoms with E-state index in [4.69, 9.17) is 26.2 Å².